The zero-order valence-electron chi connectivity index (χ0n) is 9.34. The van der Waals surface area contributed by atoms with Crippen LogP contribution >= 0.6 is 11.6 Å². The largest absolute Gasteiger partial charge is 0.314 e. The molecule has 0 aromatic heterocycles. The van der Waals surface area contributed by atoms with Crippen molar-refractivity contribution in [1.82, 2.24) is 10.2 Å². The number of piperazine rings is 1. The predicted molar refractivity (Wildman–Crippen MR) is 64.3 cm³/mol. The Morgan fingerprint density at radius 1 is 1.38 bits per heavy atom. The molecule has 1 aliphatic rings. The molecule has 0 unspecified atom stereocenters. The van der Waals surface area contributed by atoms with Crippen LogP contribution in [-0.4, -0.2) is 31.1 Å². The number of hydrogen-bond acceptors (Lipinski definition) is 2. The van der Waals surface area contributed by atoms with E-state index in [2.05, 4.69) is 10.2 Å². The van der Waals surface area contributed by atoms with Crippen molar-refractivity contribution in [1.29, 1.82) is 0 Å². The minimum Gasteiger partial charge on any atom is -0.314 e. The molecule has 1 heterocycles. The summed E-state index contributed by atoms with van der Waals surface area (Å²) < 4.78 is 13.7. The van der Waals surface area contributed by atoms with Crippen LogP contribution < -0.4 is 5.32 Å². The molecule has 1 N–H and O–H groups in total. The summed E-state index contributed by atoms with van der Waals surface area (Å²) >= 11 is 5.90. The SMILES string of the molecule is C[C@H](c1cc(Cl)ccc1F)N1CCNCC1. The molecule has 4 heteroatoms. The van der Waals surface area contributed by atoms with Gasteiger partial charge in [0, 0.05) is 42.8 Å². The minimum atomic E-state index is -0.171. The van der Waals surface area contributed by atoms with Crippen LogP contribution in [0, 0.1) is 5.82 Å². The molecular formula is C12H16ClFN2. The zero-order chi connectivity index (χ0) is 11.5. The van der Waals surface area contributed by atoms with Gasteiger partial charge in [-0.3, -0.25) is 4.90 Å². The third kappa shape index (κ3) is 2.54. The van der Waals surface area contributed by atoms with E-state index in [0.29, 0.717) is 10.6 Å². The summed E-state index contributed by atoms with van der Waals surface area (Å²) in [4.78, 5) is 2.27. The van der Waals surface area contributed by atoms with Gasteiger partial charge in [-0.15, -0.1) is 0 Å². The van der Waals surface area contributed by atoms with Gasteiger partial charge in [0.1, 0.15) is 5.82 Å². The molecule has 1 aliphatic heterocycles. The average molecular weight is 243 g/mol. The van der Waals surface area contributed by atoms with E-state index in [4.69, 9.17) is 11.6 Å². The molecule has 0 bridgehead atoms. The van der Waals surface area contributed by atoms with Crippen molar-refractivity contribution in [2.24, 2.45) is 0 Å². The fraction of sp³-hybridized carbons (Fsp3) is 0.500. The topological polar surface area (TPSA) is 15.3 Å². The van der Waals surface area contributed by atoms with E-state index >= 15 is 0 Å². The maximum Gasteiger partial charge on any atom is 0.128 e. The standard InChI is InChI=1S/C12H16ClFN2/c1-9(16-6-4-15-5-7-16)11-8-10(13)2-3-12(11)14/h2-3,8-9,15H,4-7H2,1H3/t9-/m1/s1. The molecule has 1 fully saturated rings. The molecule has 1 atom stereocenters. The summed E-state index contributed by atoms with van der Waals surface area (Å²) in [6.07, 6.45) is 0. The molecular weight excluding hydrogens is 227 g/mol. The predicted octanol–water partition coefficient (Wildman–Crippen LogP) is 2.45. The van der Waals surface area contributed by atoms with E-state index in [1.807, 2.05) is 6.92 Å². The molecule has 1 saturated heterocycles. The fourth-order valence-electron chi connectivity index (χ4n) is 2.10. The molecule has 0 saturated carbocycles. The van der Waals surface area contributed by atoms with Gasteiger partial charge < -0.3 is 5.32 Å². The van der Waals surface area contributed by atoms with Crippen LogP contribution in [-0.2, 0) is 0 Å². The van der Waals surface area contributed by atoms with Gasteiger partial charge in [0.05, 0.1) is 0 Å². The van der Waals surface area contributed by atoms with Gasteiger partial charge in [-0.2, -0.15) is 0 Å². The van der Waals surface area contributed by atoms with E-state index in [1.54, 1.807) is 12.1 Å². The van der Waals surface area contributed by atoms with E-state index in [-0.39, 0.29) is 11.9 Å². The second-order valence-corrected chi connectivity index (χ2v) is 4.56. The van der Waals surface area contributed by atoms with Gasteiger partial charge in [-0.25, -0.2) is 4.39 Å². The van der Waals surface area contributed by atoms with Crippen LogP contribution in [0.4, 0.5) is 4.39 Å². The molecule has 0 amide bonds. The van der Waals surface area contributed by atoms with Gasteiger partial charge in [0.25, 0.3) is 0 Å². The zero-order valence-corrected chi connectivity index (χ0v) is 10.1. The first kappa shape index (κ1) is 11.8. The molecule has 2 rings (SSSR count). The van der Waals surface area contributed by atoms with Crippen LogP contribution in [0.25, 0.3) is 0 Å². The van der Waals surface area contributed by atoms with Gasteiger partial charge >= 0.3 is 0 Å². The Morgan fingerprint density at radius 3 is 2.75 bits per heavy atom. The first-order valence-electron chi connectivity index (χ1n) is 5.58. The van der Waals surface area contributed by atoms with Crippen molar-refractivity contribution in [3.8, 4) is 0 Å². The quantitative estimate of drug-likeness (QED) is 0.857. The van der Waals surface area contributed by atoms with Gasteiger partial charge in [0.2, 0.25) is 0 Å². The summed E-state index contributed by atoms with van der Waals surface area (Å²) in [5.41, 5.74) is 0.689. The highest BCUT2D eigenvalue weighted by atomic mass is 35.5. The number of nitrogens with one attached hydrogen (secondary N) is 1. The number of hydrogen-bond donors (Lipinski definition) is 1. The number of benzene rings is 1. The number of rotatable bonds is 2. The number of halogens is 2. The highest BCUT2D eigenvalue weighted by Gasteiger charge is 2.20. The lowest BCUT2D eigenvalue weighted by atomic mass is 10.1. The van der Waals surface area contributed by atoms with Crippen molar-refractivity contribution in [3.05, 3.63) is 34.6 Å². The summed E-state index contributed by atoms with van der Waals surface area (Å²) in [5, 5.41) is 3.88. The summed E-state index contributed by atoms with van der Waals surface area (Å²) in [5.74, 6) is -0.171. The highest BCUT2D eigenvalue weighted by Crippen LogP contribution is 2.25. The van der Waals surface area contributed by atoms with Crippen LogP contribution in [0.5, 0.6) is 0 Å². The lowest BCUT2D eigenvalue weighted by molar-refractivity contribution is 0.182. The Hall–Kier alpha value is -0.640. The van der Waals surface area contributed by atoms with Crippen molar-refractivity contribution in [3.63, 3.8) is 0 Å². The van der Waals surface area contributed by atoms with Crippen molar-refractivity contribution < 1.29 is 4.39 Å². The van der Waals surface area contributed by atoms with Crippen LogP contribution in [0.2, 0.25) is 5.02 Å². The molecule has 88 valence electrons. The summed E-state index contributed by atoms with van der Waals surface area (Å²) in [6.45, 7) is 5.86. The lowest BCUT2D eigenvalue weighted by Gasteiger charge is -2.33. The third-order valence-electron chi connectivity index (χ3n) is 3.11. The molecule has 0 aliphatic carbocycles. The van der Waals surface area contributed by atoms with Crippen molar-refractivity contribution in [2.75, 3.05) is 26.2 Å². The second-order valence-electron chi connectivity index (χ2n) is 4.13. The van der Waals surface area contributed by atoms with Gasteiger partial charge in [-0.05, 0) is 25.1 Å². The molecule has 2 nitrogen and oxygen atoms in total. The van der Waals surface area contributed by atoms with Crippen LogP contribution in [0.3, 0.4) is 0 Å². The Bertz CT molecular complexity index is 364. The maximum atomic E-state index is 13.7. The molecule has 1 aromatic rings. The Balaban J connectivity index is 2.18. The molecule has 0 spiro atoms. The number of nitrogens with zero attached hydrogens (tertiary/aromatic N) is 1. The molecule has 1 aromatic carbocycles. The third-order valence-corrected chi connectivity index (χ3v) is 3.34. The Kier molecular flexibility index (Phi) is 3.79. The Morgan fingerprint density at radius 2 is 2.06 bits per heavy atom. The van der Waals surface area contributed by atoms with Crippen LogP contribution in [0.15, 0.2) is 18.2 Å². The molecule has 16 heavy (non-hydrogen) atoms. The highest BCUT2D eigenvalue weighted by molar-refractivity contribution is 6.30. The Labute approximate surface area is 100 Å². The summed E-state index contributed by atoms with van der Waals surface area (Å²) in [6, 6.07) is 4.84. The first-order valence-corrected chi connectivity index (χ1v) is 5.96. The summed E-state index contributed by atoms with van der Waals surface area (Å²) in [7, 11) is 0. The molecule has 0 radical (unpaired) electrons. The maximum absolute atomic E-state index is 13.7. The minimum absolute atomic E-state index is 0.0841. The van der Waals surface area contributed by atoms with Crippen molar-refractivity contribution in [2.45, 2.75) is 13.0 Å². The van der Waals surface area contributed by atoms with E-state index < -0.39 is 0 Å². The van der Waals surface area contributed by atoms with Crippen LogP contribution in [0.1, 0.15) is 18.5 Å². The lowest BCUT2D eigenvalue weighted by Crippen LogP contribution is -2.44. The van der Waals surface area contributed by atoms with E-state index in [9.17, 15) is 4.39 Å². The van der Waals surface area contributed by atoms with Gasteiger partial charge in [0.15, 0.2) is 0 Å². The first-order chi connectivity index (χ1) is 7.68. The average Bonchev–Trinajstić information content (AvgIpc) is 2.32. The fourth-order valence-corrected chi connectivity index (χ4v) is 2.28. The monoisotopic (exact) mass is 242 g/mol. The smallest absolute Gasteiger partial charge is 0.128 e. The normalized spacial score (nSPS) is 19.7. The van der Waals surface area contributed by atoms with E-state index in [1.165, 1.54) is 6.07 Å². The second kappa shape index (κ2) is 5.13. The van der Waals surface area contributed by atoms with Gasteiger partial charge in [-0.1, -0.05) is 11.6 Å². The van der Waals surface area contributed by atoms with E-state index in [0.717, 1.165) is 26.2 Å². The van der Waals surface area contributed by atoms with Crippen molar-refractivity contribution >= 4 is 11.6 Å².